The summed E-state index contributed by atoms with van der Waals surface area (Å²) in [5.74, 6) is 0.254. The number of ether oxygens (including phenoxy) is 2. The van der Waals surface area contributed by atoms with Crippen LogP contribution in [-0.4, -0.2) is 150 Å². The zero-order valence-corrected chi connectivity index (χ0v) is 55.2. The molecule has 0 unspecified atom stereocenters. The zero-order valence-electron chi connectivity index (χ0n) is 50.3. The van der Waals surface area contributed by atoms with E-state index in [1.807, 2.05) is 0 Å². The Labute approximate surface area is 547 Å². The number of aromatic amines is 1. The van der Waals surface area contributed by atoms with E-state index in [0.717, 1.165) is 24.0 Å². The first kappa shape index (κ1) is 82.6. The molecule has 0 bridgehead atoms. The quantitative estimate of drug-likeness (QED) is 0.0606. The lowest BCUT2D eigenvalue weighted by atomic mass is 10.3. The second-order valence-corrected chi connectivity index (χ2v) is 26.2. The van der Waals surface area contributed by atoms with Crippen molar-refractivity contribution >= 4 is 160 Å². The number of aliphatic imine (C=N–C) groups is 8. The van der Waals surface area contributed by atoms with Gasteiger partial charge in [-0.2, -0.15) is 0 Å². The standard InChI is InChI=1S/C8H10N2O3S.C8H10N2O2S.C7H7FN2O2S.C7H8N2O.3C6H7N3O2S.C6H6N2O/c1-10-6-3-4-7(13-2)8(5-6)14(9,11)12;1-9-7-4-3-5-8(6-7)13(11,12)10-2;1-10-5-2-3-6(8)7(4-5)13(9,11)12;1-8-6-3-4-7(10-2)9-5-6;1-8-5-2-3-9-6(4-5)12(7,10)11;1-8-6-3-2-5(4-9-6)12(7,10)11;1-8-5-2-3-6(9-4-5)12(7,10)11;1-7-5-2-3-6(9)8-4-5/h3-5H,1H2,2H3,(H2,9,11,12);3-6,10H,1H2,2H3;2-4H,1H2,(H2,9,11,12);3-5H,1H2,2H3;3*2-4H,1H2,(H2,7,10,11);2-4H,1H2,(H,8,9). The molecule has 8 rings (SSSR count). The number of methoxy groups -OCH3 is 2. The summed E-state index contributed by atoms with van der Waals surface area (Å²) in [5, 5.41) is 23.8. The smallest absolute Gasteiger partial charge is 0.255 e. The van der Waals surface area contributed by atoms with E-state index in [-0.39, 0.29) is 41.7 Å². The first-order chi connectivity index (χ1) is 44.3. The van der Waals surface area contributed by atoms with Gasteiger partial charge in [0.15, 0.2) is 15.9 Å². The van der Waals surface area contributed by atoms with Crippen molar-refractivity contribution in [1.29, 1.82) is 0 Å². The number of primary sulfonamides is 5. The molecule has 3 aromatic carbocycles. The topological polar surface area (TPSA) is 549 Å². The summed E-state index contributed by atoms with van der Waals surface area (Å²) in [6, 6.07) is 28.8. The highest BCUT2D eigenvalue weighted by molar-refractivity contribution is 7.90. The molecule has 0 saturated carbocycles. The van der Waals surface area contributed by atoms with Crippen molar-refractivity contribution < 1.29 is 64.4 Å². The van der Waals surface area contributed by atoms with Crippen LogP contribution in [0.25, 0.3) is 0 Å². The maximum absolute atomic E-state index is 12.9. The lowest BCUT2D eigenvalue weighted by Crippen LogP contribution is -2.18. The van der Waals surface area contributed by atoms with Gasteiger partial charge in [-0.3, -0.25) is 39.7 Å². The lowest BCUT2D eigenvalue weighted by Gasteiger charge is -2.06. The molecule has 506 valence electrons. The SMILES string of the molecule is C=Nc1ccc(=O)[nH]c1.C=Nc1ccc(F)c(S(N)(=O)=O)c1.C=Nc1ccc(OC)c(S(N)(=O)=O)c1.C=Nc1ccc(OC)nc1.C=Nc1ccc(S(N)(=O)=O)cn1.C=Nc1ccc(S(N)(=O)=O)nc1.C=Nc1cccc(S(=O)(=O)NC)c1.C=Nc1ccnc(S(N)(=O)=O)c1. The van der Waals surface area contributed by atoms with Crippen LogP contribution in [0, 0.1) is 5.82 Å². The van der Waals surface area contributed by atoms with Crippen LogP contribution in [0.3, 0.4) is 0 Å². The average molecular weight is 1430 g/mol. The van der Waals surface area contributed by atoms with E-state index >= 15 is 0 Å². The predicted octanol–water partition coefficient (Wildman–Crippen LogP) is 4.72. The molecule has 5 heterocycles. The summed E-state index contributed by atoms with van der Waals surface area (Å²) in [5.41, 5.74) is 3.45. The minimum Gasteiger partial charge on any atom is -0.495 e. The fraction of sp³-hybridized carbons (Fsp3) is 0.0556. The number of rotatable bonds is 17. The highest BCUT2D eigenvalue weighted by Gasteiger charge is 2.17. The van der Waals surface area contributed by atoms with Crippen LogP contribution in [0.2, 0.25) is 0 Å². The van der Waals surface area contributed by atoms with Crippen molar-refractivity contribution in [3.63, 3.8) is 0 Å². The van der Waals surface area contributed by atoms with Crippen molar-refractivity contribution in [3.8, 4) is 11.6 Å². The van der Waals surface area contributed by atoms with E-state index in [9.17, 15) is 59.7 Å². The van der Waals surface area contributed by atoms with E-state index in [2.05, 4.69) is 123 Å². The van der Waals surface area contributed by atoms with Gasteiger partial charge in [-0.15, -0.1) is 0 Å². The summed E-state index contributed by atoms with van der Waals surface area (Å²) in [7, 11) is -18.0. The van der Waals surface area contributed by atoms with E-state index in [0.29, 0.717) is 40.1 Å². The third kappa shape index (κ3) is 30.7. The third-order valence-corrected chi connectivity index (χ3v) is 16.1. The molecular weight excluding hydrogens is 1370 g/mol. The summed E-state index contributed by atoms with van der Waals surface area (Å²) in [4.78, 5) is 55.6. The Bertz CT molecular complexity index is 4650. The monoisotopic (exact) mass is 1430 g/mol. The van der Waals surface area contributed by atoms with Crippen LogP contribution in [0.15, 0.2) is 227 Å². The van der Waals surface area contributed by atoms with Crippen molar-refractivity contribution in [3.05, 3.63) is 168 Å². The molecule has 0 fully saturated rings. The number of nitrogens with two attached hydrogens (primary N) is 5. The van der Waals surface area contributed by atoms with E-state index < -0.39 is 70.9 Å². The molecule has 0 amide bonds. The van der Waals surface area contributed by atoms with Gasteiger partial charge in [0.25, 0.3) is 20.0 Å². The van der Waals surface area contributed by atoms with Gasteiger partial charge in [-0.1, -0.05) is 6.07 Å². The van der Waals surface area contributed by atoms with Gasteiger partial charge < -0.3 is 14.5 Å². The van der Waals surface area contributed by atoms with Gasteiger partial charge in [-0.25, -0.2) is 110 Å². The second kappa shape index (κ2) is 39.2. The molecule has 0 atom stereocenters. The number of benzene rings is 3. The van der Waals surface area contributed by atoms with Gasteiger partial charge in [0, 0.05) is 36.8 Å². The number of nitrogens with zero attached hydrogens (tertiary/aromatic N) is 12. The molecule has 0 saturated heterocycles. The molecule has 5 aromatic heterocycles. The van der Waals surface area contributed by atoms with Crippen LogP contribution < -0.4 is 45.4 Å². The molecule has 0 aliphatic heterocycles. The van der Waals surface area contributed by atoms with Gasteiger partial charge in [0.05, 0.1) is 71.3 Å². The molecule has 34 nitrogen and oxygen atoms in total. The number of aromatic nitrogens is 5. The Morgan fingerprint density at radius 2 is 0.937 bits per heavy atom. The van der Waals surface area contributed by atoms with E-state index in [1.165, 1.54) is 106 Å². The van der Waals surface area contributed by atoms with Crippen molar-refractivity contribution in [2.45, 2.75) is 29.6 Å². The van der Waals surface area contributed by atoms with Gasteiger partial charge in [0.2, 0.25) is 51.5 Å². The summed E-state index contributed by atoms with van der Waals surface area (Å²) < 4.78 is 156. The first-order valence-corrected chi connectivity index (χ1v) is 34.0. The van der Waals surface area contributed by atoms with Crippen LogP contribution in [-0.2, 0) is 60.1 Å². The average Bonchev–Trinajstić information content (AvgIpc) is 0.869. The number of nitrogens with one attached hydrogen (secondary N) is 2. The zero-order chi connectivity index (χ0) is 72.4. The molecule has 0 aliphatic carbocycles. The van der Waals surface area contributed by atoms with Crippen molar-refractivity contribution in [2.75, 3.05) is 21.3 Å². The number of hydrogen-bond donors (Lipinski definition) is 7. The molecule has 12 N–H and O–H groups in total. The number of H-pyrrole nitrogens is 1. The maximum Gasteiger partial charge on any atom is 0.255 e. The Morgan fingerprint density at radius 3 is 1.35 bits per heavy atom. The number of hydrogen-bond acceptors (Lipinski definition) is 27. The molecular formula is C54H62FN19O15S6. The van der Waals surface area contributed by atoms with Crippen LogP contribution in [0.1, 0.15) is 0 Å². The normalized spacial score (nSPS) is 10.7. The lowest BCUT2D eigenvalue weighted by molar-refractivity contribution is 0.398. The molecule has 8 aromatic rings. The van der Waals surface area contributed by atoms with Gasteiger partial charge in [-0.05, 0) is 158 Å². The minimum atomic E-state index is -4.03. The Kier molecular flexibility index (Phi) is 34.1. The van der Waals surface area contributed by atoms with E-state index in [4.69, 9.17) is 35.2 Å². The van der Waals surface area contributed by atoms with Gasteiger partial charge >= 0.3 is 0 Å². The molecule has 0 spiro atoms. The second-order valence-electron chi connectivity index (χ2n) is 16.7. The number of pyridine rings is 5. The predicted molar refractivity (Wildman–Crippen MR) is 363 cm³/mol. The Hall–Kier alpha value is -10.4. The number of sulfonamides is 6. The van der Waals surface area contributed by atoms with Crippen LogP contribution >= 0.6 is 0 Å². The first-order valence-electron chi connectivity index (χ1n) is 24.8. The number of halogens is 1. The molecule has 0 aliphatic rings. The van der Waals surface area contributed by atoms with Crippen LogP contribution in [0.4, 0.5) is 50.0 Å². The van der Waals surface area contributed by atoms with Crippen LogP contribution in [0.5, 0.6) is 11.6 Å². The third-order valence-electron chi connectivity index (χ3n) is 10.3. The molecule has 41 heteroatoms. The Morgan fingerprint density at radius 1 is 0.442 bits per heavy atom. The highest BCUT2D eigenvalue weighted by Crippen LogP contribution is 2.27. The largest absolute Gasteiger partial charge is 0.495 e. The molecule has 0 radical (unpaired) electrons. The fourth-order valence-electron chi connectivity index (χ4n) is 5.67. The summed E-state index contributed by atoms with van der Waals surface area (Å²) in [6.07, 6.45) is 6.84. The maximum atomic E-state index is 12.9. The van der Waals surface area contributed by atoms with Crippen molar-refractivity contribution in [1.82, 2.24) is 29.6 Å². The van der Waals surface area contributed by atoms with Crippen molar-refractivity contribution in [2.24, 2.45) is 65.6 Å². The fourth-order valence-corrected chi connectivity index (χ4v) is 9.19. The van der Waals surface area contributed by atoms with Gasteiger partial charge in [0.1, 0.15) is 26.3 Å². The Balaban J connectivity index is 0.000000544. The highest BCUT2D eigenvalue weighted by atomic mass is 32.2. The molecule has 95 heavy (non-hydrogen) atoms. The minimum absolute atomic E-state index is 0.0325. The summed E-state index contributed by atoms with van der Waals surface area (Å²) >= 11 is 0. The van der Waals surface area contributed by atoms with E-state index in [1.54, 1.807) is 49.7 Å². The summed E-state index contributed by atoms with van der Waals surface area (Å²) in [6.45, 7) is 26.1.